The van der Waals surface area contributed by atoms with Gasteiger partial charge in [0.15, 0.2) is 5.69 Å². The fourth-order valence-electron chi connectivity index (χ4n) is 1.55. The van der Waals surface area contributed by atoms with Crippen LogP contribution in [0.3, 0.4) is 0 Å². The van der Waals surface area contributed by atoms with E-state index in [-0.39, 0.29) is 11.5 Å². The highest BCUT2D eigenvalue weighted by molar-refractivity contribution is 5.90. The lowest BCUT2D eigenvalue weighted by Gasteiger charge is -2.07. The molecule has 5 nitrogen and oxygen atoms in total. The first-order valence-corrected chi connectivity index (χ1v) is 4.73. The summed E-state index contributed by atoms with van der Waals surface area (Å²) in [5.41, 5.74) is 7.44. The zero-order valence-electron chi connectivity index (χ0n) is 8.71. The monoisotopic (exact) mass is 217 g/mol. The molecule has 0 amide bonds. The normalized spacial score (nSPS) is 10.3. The molecule has 0 spiro atoms. The Labute approximate surface area is 92.2 Å². The Morgan fingerprint density at radius 2 is 2.12 bits per heavy atom. The predicted octanol–water partition coefficient (Wildman–Crippen LogP) is 1.46. The fraction of sp³-hybridized carbons (Fsp3) is 0.0909. The number of rotatable bonds is 2. The van der Waals surface area contributed by atoms with Crippen molar-refractivity contribution in [2.24, 2.45) is 0 Å². The van der Waals surface area contributed by atoms with Crippen molar-refractivity contribution >= 4 is 11.8 Å². The van der Waals surface area contributed by atoms with Crippen molar-refractivity contribution in [1.29, 1.82) is 0 Å². The van der Waals surface area contributed by atoms with Crippen molar-refractivity contribution in [3.05, 3.63) is 41.9 Å². The quantitative estimate of drug-likeness (QED) is 0.797. The Balaban J connectivity index is 2.58. The van der Waals surface area contributed by atoms with Crippen LogP contribution in [0.2, 0.25) is 0 Å². The van der Waals surface area contributed by atoms with E-state index in [0.717, 1.165) is 11.3 Å². The van der Waals surface area contributed by atoms with Gasteiger partial charge in [0.05, 0.1) is 5.69 Å². The van der Waals surface area contributed by atoms with E-state index in [2.05, 4.69) is 4.98 Å². The van der Waals surface area contributed by atoms with Gasteiger partial charge in [0, 0.05) is 0 Å². The maximum Gasteiger partial charge on any atom is 0.358 e. The smallest absolute Gasteiger partial charge is 0.358 e. The Morgan fingerprint density at radius 1 is 1.44 bits per heavy atom. The predicted molar refractivity (Wildman–Crippen MR) is 59.7 cm³/mol. The molecule has 0 aliphatic rings. The van der Waals surface area contributed by atoms with Crippen LogP contribution >= 0.6 is 0 Å². The molecule has 82 valence electrons. The Bertz CT molecular complexity index is 546. The molecule has 16 heavy (non-hydrogen) atoms. The largest absolute Gasteiger partial charge is 0.476 e. The third-order valence-corrected chi connectivity index (χ3v) is 2.38. The second-order valence-electron chi connectivity index (χ2n) is 3.44. The highest BCUT2D eigenvalue weighted by Gasteiger charge is 2.15. The van der Waals surface area contributed by atoms with E-state index >= 15 is 0 Å². The van der Waals surface area contributed by atoms with Gasteiger partial charge in [0.1, 0.15) is 12.1 Å². The highest BCUT2D eigenvalue weighted by Crippen LogP contribution is 2.19. The van der Waals surface area contributed by atoms with E-state index in [1.54, 1.807) is 4.57 Å². The number of aromatic carboxylic acids is 1. The van der Waals surface area contributed by atoms with Gasteiger partial charge in [-0.1, -0.05) is 18.2 Å². The lowest BCUT2D eigenvalue weighted by atomic mass is 10.2. The molecule has 1 aromatic carbocycles. The summed E-state index contributed by atoms with van der Waals surface area (Å²) in [4.78, 5) is 14.6. The summed E-state index contributed by atoms with van der Waals surface area (Å²) in [5.74, 6) is -0.980. The van der Waals surface area contributed by atoms with Crippen LogP contribution in [-0.4, -0.2) is 20.6 Å². The number of imidazole rings is 1. The second kappa shape index (κ2) is 3.69. The second-order valence-corrected chi connectivity index (χ2v) is 3.44. The van der Waals surface area contributed by atoms with Gasteiger partial charge in [-0.3, -0.25) is 4.57 Å². The zero-order chi connectivity index (χ0) is 11.7. The summed E-state index contributed by atoms with van der Waals surface area (Å²) < 4.78 is 1.57. The van der Waals surface area contributed by atoms with Crippen LogP contribution in [0.4, 0.5) is 5.82 Å². The molecule has 0 unspecified atom stereocenters. The molecule has 3 N–H and O–H groups in total. The Morgan fingerprint density at radius 3 is 2.69 bits per heavy atom. The standard InChI is InChI=1S/C11H11N3O2/c1-7-4-2-3-5-8(7)14-6-13-9(10(14)12)11(15)16/h2-6H,12H2,1H3,(H,15,16). The molecular formula is C11H11N3O2. The molecule has 0 radical (unpaired) electrons. The van der Waals surface area contributed by atoms with Crippen molar-refractivity contribution in [2.75, 3.05) is 5.73 Å². The van der Waals surface area contributed by atoms with Gasteiger partial charge in [-0.2, -0.15) is 0 Å². The minimum atomic E-state index is -1.12. The number of carboxylic acid groups (broad SMARTS) is 1. The van der Waals surface area contributed by atoms with Crippen molar-refractivity contribution in [3.63, 3.8) is 0 Å². The average molecular weight is 217 g/mol. The zero-order valence-corrected chi connectivity index (χ0v) is 8.71. The van der Waals surface area contributed by atoms with Gasteiger partial charge >= 0.3 is 5.97 Å². The van der Waals surface area contributed by atoms with E-state index in [1.807, 2.05) is 31.2 Å². The Hall–Kier alpha value is -2.30. The number of aryl methyl sites for hydroxylation is 1. The summed E-state index contributed by atoms with van der Waals surface area (Å²) in [6, 6.07) is 7.56. The number of nitrogens with zero attached hydrogens (tertiary/aromatic N) is 2. The molecule has 1 heterocycles. The van der Waals surface area contributed by atoms with Gasteiger partial charge in [-0.25, -0.2) is 9.78 Å². The molecule has 2 aromatic rings. The molecule has 0 aliphatic carbocycles. The van der Waals surface area contributed by atoms with Crippen LogP contribution in [0, 0.1) is 6.92 Å². The summed E-state index contributed by atoms with van der Waals surface area (Å²) in [6.07, 6.45) is 1.42. The van der Waals surface area contributed by atoms with Crippen LogP contribution < -0.4 is 5.73 Å². The van der Waals surface area contributed by atoms with E-state index < -0.39 is 5.97 Å². The highest BCUT2D eigenvalue weighted by atomic mass is 16.4. The number of hydrogen-bond donors (Lipinski definition) is 2. The molecule has 0 bridgehead atoms. The van der Waals surface area contributed by atoms with Gasteiger partial charge in [0.2, 0.25) is 0 Å². The van der Waals surface area contributed by atoms with E-state index in [4.69, 9.17) is 10.8 Å². The number of anilines is 1. The molecule has 0 saturated carbocycles. The lowest BCUT2D eigenvalue weighted by Crippen LogP contribution is -2.05. The van der Waals surface area contributed by atoms with Crippen molar-refractivity contribution < 1.29 is 9.90 Å². The van der Waals surface area contributed by atoms with E-state index in [0.29, 0.717) is 0 Å². The average Bonchev–Trinajstić information content (AvgIpc) is 2.61. The third kappa shape index (κ3) is 1.52. The van der Waals surface area contributed by atoms with Crippen LogP contribution in [-0.2, 0) is 0 Å². The first-order chi connectivity index (χ1) is 7.61. The van der Waals surface area contributed by atoms with Crippen LogP contribution in [0.1, 0.15) is 16.1 Å². The van der Waals surface area contributed by atoms with Gasteiger partial charge in [-0.05, 0) is 18.6 Å². The Kier molecular flexibility index (Phi) is 2.36. The summed E-state index contributed by atoms with van der Waals surface area (Å²) in [5, 5.41) is 8.84. The maximum absolute atomic E-state index is 10.8. The van der Waals surface area contributed by atoms with Gasteiger partial charge in [-0.15, -0.1) is 0 Å². The summed E-state index contributed by atoms with van der Waals surface area (Å²) in [6.45, 7) is 1.93. The number of carbonyl (C=O) groups is 1. The fourth-order valence-corrected chi connectivity index (χ4v) is 1.55. The number of carboxylic acids is 1. The molecule has 2 rings (SSSR count). The number of hydrogen-bond acceptors (Lipinski definition) is 3. The molecular weight excluding hydrogens is 206 g/mol. The lowest BCUT2D eigenvalue weighted by molar-refractivity contribution is 0.0692. The van der Waals surface area contributed by atoms with Crippen molar-refractivity contribution in [1.82, 2.24) is 9.55 Å². The molecule has 5 heteroatoms. The van der Waals surface area contributed by atoms with Gasteiger partial charge < -0.3 is 10.8 Å². The summed E-state index contributed by atoms with van der Waals surface area (Å²) >= 11 is 0. The van der Waals surface area contributed by atoms with Crippen LogP contribution in [0.5, 0.6) is 0 Å². The van der Waals surface area contributed by atoms with Gasteiger partial charge in [0.25, 0.3) is 0 Å². The maximum atomic E-state index is 10.8. The van der Waals surface area contributed by atoms with E-state index in [9.17, 15) is 4.79 Å². The third-order valence-electron chi connectivity index (χ3n) is 2.38. The molecule has 0 fully saturated rings. The first kappa shape index (κ1) is 10.2. The molecule has 0 saturated heterocycles. The minimum Gasteiger partial charge on any atom is -0.476 e. The number of nitrogen functional groups attached to an aromatic ring is 1. The topological polar surface area (TPSA) is 81.1 Å². The molecule has 1 aromatic heterocycles. The number of para-hydroxylation sites is 1. The van der Waals surface area contributed by atoms with Crippen LogP contribution in [0.25, 0.3) is 5.69 Å². The number of aromatic nitrogens is 2. The van der Waals surface area contributed by atoms with E-state index in [1.165, 1.54) is 6.33 Å². The number of benzene rings is 1. The minimum absolute atomic E-state index is 0.122. The summed E-state index contributed by atoms with van der Waals surface area (Å²) in [7, 11) is 0. The first-order valence-electron chi connectivity index (χ1n) is 4.73. The van der Waals surface area contributed by atoms with Crippen molar-refractivity contribution in [2.45, 2.75) is 6.92 Å². The molecule has 0 atom stereocenters. The van der Waals surface area contributed by atoms with Crippen molar-refractivity contribution in [3.8, 4) is 5.69 Å². The SMILES string of the molecule is Cc1ccccc1-n1cnc(C(=O)O)c1N. The number of nitrogens with two attached hydrogens (primary N) is 1. The molecule has 0 aliphatic heterocycles. The van der Waals surface area contributed by atoms with Crippen LogP contribution in [0.15, 0.2) is 30.6 Å².